The molecule has 5 heteroatoms. The molecule has 0 aliphatic heterocycles. The van der Waals surface area contributed by atoms with E-state index in [0.29, 0.717) is 10.8 Å². The average Bonchev–Trinajstić information content (AvgIpc) is 2.77. The van der Waals surface area contributed by atoms with Gasteiger partial charge in [0.1, 0.15) is 0 Å². The van der Waals surface area contributed by atoms with Crippen molar-refractivity contribution in [2.45, 2.75) is 13.3 Å². The van der Waals surface area contributed by atoms with Crippen LogP contribution in [0.2, 0.25) is 0 Å². The number of alkyl halides is 1. The molecule has 0 saturated carbocycles. The summed E-state index contributed by atoms with van der Waals surface area (Å²) in [6, 6.07) is 3.42. The lowest BCUT2D eigenvalue weighted by Crippen LogP contribution is -2.16. The molecule has 0 aromatic carbocycles. The van der Waals surface area contributed by atoms with E-state index in [-0.39, 0.29) is 6.61 Å². The van der Waals surface area contributed by atoms with E-state index in [4.69, 9.17) is 11.6 Å². The summed E-state index contributed by atoms with van der Waals surface area (Å²) in [5.74, 6) is -0.823. The summed E-state index contributed by atoms with van der Waals surface area (Å²) >= 11 is 6.80. The molecule has 1 aromatic rings. The maximum absolute atomic E-state index is 11.6. The minimum Gasteiger partial charge on any atom is -0.460 e. The Balaban J connectivity index is 2.67. The van der Waals surface area contributed by atoms with Crippen molar-refractivity contribution >= 4 is 40.8 Å². The first-order chi connectivity index (χ1) is 8.19. The molecule has 0 aliphatic rings. The average molecular weight is 273 g/mol. The van der Waals surface area contributed by atoms with Gasteiger partial charge in [0, 0.05) is 10.8 Å². The second-order valence-corrected chi connectivity index (χ2v) is 4.62. The summed E-state index contributed by atoms with van der Waals surface area (Å²) in [4.78, 5) is 24.1. The van der Waals surface area contributed by atoms with Crippen LogP contribution in [0.5, 0.6) is 0 Å². The largest absolute Gasteiger partial charge is 0.460 e. The van der Waals surface area contributed by atoms with E-state index in [1.165, 1.54) is 11.3 Å². The summed E-state index contributed by atoms with van der Waals surface area (Å²) in [7, 11) is 0. The number of thiophene rings is 1. The van der Waals surface area contributed by atoms with Crippen molar-refractivity contribution in [1.29, 1.82) is 0 Å². The lowest BCUT2D eigenvalue weighted by atomic mass is 10.3. The highest BCUT2D eigenvalue weighted by Gasteiger charge is 2.18. The van der Waals surface area contributed by atoms with Gasteiger partial charge in [-0.1, -0.05) is 6.08 Å². The fourth-order valence-electron chi connectivity index (χ4n) is 1.12. The van der Waals surface area contributed by atoms with Crippen LogP contribution < -0.4 is 0 Å². The van der Waals surface area contributed by atoms with Gasteiger partial charge in [-0.05, 0) is 31.6 Å². The van der Waals surface area contributed by atoms with Crippen LogP contribution in [-0.2, 0) is 9.53 Å². The smallest absolute Gasteiger partial charge is 0.380 e. The molecule has 1 rings (SSSR count). The highest BCUT2D eigenvalue weighted by Crippen LogP contribution is 2.19. The maximum atomic E-state index is 11.6. The van der Waals surface area contributed by atoms with Crippen LogP contribution in [0.3, 0.4) is 0 Å². The normalized spacial score (nSPS) is 10.7. The van der Waals surface area contributed by atoms with E-state index in [9.17, 15) is 9.59 Å². The second-order valence-electron chi connectivity index (χ2n) is 3.13. The zero-order chi connectivity index (χ0) is 12.7. The number of carbonyl (C=O) groups is 2. The van der Waals surface area contributed by atoms with Crippen molar-refractivity contribution < 1.29 is 14.3 Å². The number of Topliss-reactive ketones (excluding diaryl/α,β-unsaturated/α-hetero) is 1. The van der Waals surface area contributed by atoms with Gasteiger partial charge in [-0.15, -0.1) is 22.9 Å². The standard InChI is InChI=1S/C12H13ClO3S/c1-2-16-12(15)11(14)10-7-6-9(17-10)5-3-4-8-13/h3,5-7H,2,4,8H2,1H3. The minimum atomic E-state index is -0.800. The monoisotopic (exact) mass is 272 g/mol. The Hall–Kier alpha value is -1.13. The number of carbonyl (C=O) groups excluding carboxylic acids is 2. The summed E-state index contributed by atoms with van der Waals surface area (Å²) in [6.45, 7) is 1.87. The third-order valence-corrected chi connectivity index (χ3v) is 3.14. The first-order valence-electron chi connectivity index (χ1n) is 5.22. The van der Waals surface area contributed by atoms with E-state index in [1.807, 2.05) is 12.2 Å². The van der Waals surface area contributed by atoms with Gasteiger partial charge < -0.3 is 4.74 Å². The molecular weight excluding hydrogens is 260 g/mol. The van der Waals surface area contributed by atoms with Gasteiger partial charge in [-0.25, -0.2) is 4.79 Å². The zero-order valence-corrected chi connectivity index (χ0v) is 11.0. The quantitative estimate of drug-likeness (QED) is 0.346. The van der Waals surface area contributed by atoms with Crippen molar-refractivity contribution in [3.63, 3.8) is 0 Å². The topological polar surface area (TPSA) is 43.4 Å². The van der Waals surface area contributed by atoms with Gasteiger partial charge in [0.25, 0.3) is 5.78 Å². The molecule has 1 aromatic heterocycles. The van der Waals surface area contributed by atoms with Crippen molar-refractivity contribution in [2.75, 3.05) is 12.5 Å². The Morgan fingerprint density at radius 3 is 2.88 bits per heavy atom. The number of esters is 1. The lowest BCUT2D eigenvalue weighted by molar-refractivity contribution is -0.137. The summed E-state index contributed by atoms with van der Waals surface area (Å²) in [5.41, 5.74) is 0. The van der Waals surface area contributed by atoms with Gasteiger partial charge in [-0.2, -0.15) is 0 Å². The van der Waals surface area contributed by atoms with Crippen molar-refractivity contribution in [3.05, 3.63) is 28.0 Å². The molecule has 92 valence electrons. The Morgan fingerprint density at radius 1 is 1.47 bits per heavy atom. The molecule has 1 heterocycles. The van der Waals surface area contributed by atoms with Gasteiger partial charge in [0.15, 0.2) is 0 Å². The molecule has 0 unspecified atom stereocenters. The summed E-state index contributed by atoms with van der Waals surface area (Å²) in [6.07, 6.45) is 4.59. The molecular formula is C12H13ClO3S. The summed E-state index contributed by atoms with van der Waals surface area (Å²) in [5, 5.41) is 0. The van der Waals surface area contributed by atoms with E-state index >= 15 is 0 Å². The number of ether oxygens (including phenoxy) is 1. The molecule has 0 amide bonds. The number of allylic oxidation sites excluding steroid dienone is 1. The number of hydrogen-bond acceptors (Lipinski definition) is 4. The molecule has 0 fully saturated rings. The maximum Gasteiger partial charge on any atom is 0.380 e. The van der Waals surface area contributed by atoms with E-state index in [2.05, 4.69) is 4.74 Å². The fraction of sp³-hybridized carbons (Fsp3) is 0.333. The Kier molecular flexibility index (Phi) is 5.94. The van der Waals surface area contributed by atoms with Crippen LogP contribution in [0.4, 0.5) is 0 Å². The summed E-state index contributed by atoms with van der Waals surface area (Å²) < 4.78 is 4.65. The van der Waals surface area contributed by atoms with E-state index in [1.54, 1.807) is 19.1 Å². The number of rotatable bonds is 6. The highest BCUT2D eigenvalue weighted by molar-refractivity contribution is 7.15. The molecule has 0 atom stereocenters. The Labute approximate surface area is 109 Å². The minimum absolute atomic E-state index is 0.207. The first-order valence-corrected chi connectivity index (χ1v) is 6.58. The Morgan fingerprint density at radius 2 is 2.24 bits per heavy atom. The predicted octanol–water partition coefficient (Wildman–Crippen LogP) is 3.14. The van der Waals surface area contributed by atoms with Gasteiger partial charge in [0.2, 0.25) is 0 Å². The molecule has 0 bridgehead atoms. The molecule has 0 N–H and O–H groups in total. The number of hydrogen-bond donors (Lipinski definition) is 0. The molecule has 0 saturated heterocycles. The molecule has 0 aliphatic carbocycles. The van der Waals surface area contributed by atoms with Crippen LogP contribution in [0.1, 0.15) is 27.9 Å². The highest BCUT2D eigenvalue weighted by atomic mass is 35.5. The van der Waals surface area contributed by atoms with Crippen LogP contribution in [0.25, 0.3) is 6.08 Å². The fourth-order valence-corrected chi connectivity index (χ4v) is 2.12. The van der Waals surface area contributed by atoms with Crippen LogP contribution in [-0.4, -0.2) is 24.2 Å². The van der Waals surface area contributed by atoms with Gasteiger partial charge >= 0.3 is 5.97 Å². The third-order valence-electron chi connectivity index (χ3n) is 1.87. The van der Waals surface area contributed by atoms with Crippen molar-refractivity contribution in [2.24, 2.45) is 0 Å². The van der Waals surface area contributed by atoms with E-state index < -0.39 is 11.8 Å². The SMILES string of the molecule is CCOC(=O)C(=O)c1ccc(C=CCCCl)s1. The lowest BCUT2D eigenvalue weighted by Gasteiger charge is -1.97. The first kappa shape index (κ1) is 13.9. The van der Waals surface area contributed by atoms with Crippen LogP contribution in [0.15, 0.2) is 18.2 Å². The van der Waals surface area contributed by atoms with Crippen molar-refractivity contribution in [3.8, 4) is 0 Å². The molecule has 3 nitrogen and oxygen atoms in total. The molecule has 0 radical (unpaired) electrons. The van der Waals surface area contributed by atoms with Gasteiger partial charge in [0.05, 0.1) is 11.5 Å². The van der Waals surface area contributed by atoms with Gasteiger partial charge in [-0.3, -0.25) is 4.79 Å². The number of halogens is 1. The zero-order valence-electron chi connectivity index (χ0n) is 9.44. The third kappa shape index (κ3) is 4.32. The molecule has 17 heavy (non-hydrogen) atoms. The molecule has 0 spiro atoms. The van der Waals surface area contributed by atoms with Crippen molar-refractivity contribution in [1.82, 2.24) is 0 Å². The van der Waals surface area contributed by atoms with Crippen LogP contribution >= 0.6 is 22.9 Å². The predicted molar refractivity (Wildman–Crippen MR) is 69.7 cm³/mol. The van der Waals surface area contributed by atoms with Crippen LogP contribution in [0, 0.1) is 0 Å². The second kappa shape index (κ2) is 7.25. The Bertz CT molecular complexity index is 423. The van der Waals surface area contributed by atoms with E-state index in [0.717, 1.165) is 11.3 Å². The number of ketones is 1.